The number of likely N-dealkylation sites (tertiary alicyclic amines) is 1. The van der Waals surface area contributed by atoms with Crippen LogP contribution in [0.2, 0.25) is 0 Å². The number of rotatable bonds is 0. The molecule has 1 heterocycles. The van der Waals surface area contributed by atoms with Crippen molar-refractivity contribution < 1.29 is 9.59 Å². The van der Waals surface area contributed by atoms with E-state index in [1.165, 1.54) is 0 Å². The van der Waals surface area contributed by atoms with E-state index in [1.807, 2.05) is 12.2 Å². The Labute approximate surface area is 65.5 Å². The van der Waals surface area contributed by atoms with Gasteiger partial charge in [-0.15, -0.1) is 0 Å². The van der Waals surface area contributed by atoms with Crippen LogP contribution in [-0.2, 0) is 4.79 Å². The first-order valence-electron chi connectivity index (χ1n) is 3.51. The van der Waals surface area contributed by atoms with Gasteiger partial charge in [-0.1, -0.05) is 12.2 Å². The smallest absolute Gasteiger partial charge is 0.236 e. The molecule has 1 aliphatic carbocycles. The minimum atomic E-state index is -0.633. The SMILES string of the molecule is [B]C(=O)N1C(=O)[C@H]2C=C[C@H]1C2. The van der Waals surface area contributed by atoms with Gasteiger partial charge in [0.25, 0.3) is 0 Å². The van der Waals surface area contributed by atoms with Crippen LogP contribution in [-0.4, -0.2) is 30.5 Å². The van der Waals surface area contributed by atoms with E-state index in [4.69, 9.17) is 7.85 Å². The molecule has 2 bridgehead atoms. The van der Waals surface area contributed by atoms with E-state index < -0.39 is 5.81 Å². The lowest BCUT2D eigenvalue weighted by atomic mass is 10.1. The molecule has 0 aromatic rings. The lowest BCUT2D eigenvalue weighted by molar-refractivity contribution is -0.127. The number of amides is 2. The lowest BCUT2D eigenvalue weighted by Crippen LogP contribution is -2.39. The fraction of sp³-hybridized carbons (Fsp3) is 0.429. The van der Waals surface area contributed by atoms with E-state index in [2.05, 4.69) is 0 Å². The van der Waals surface area contributed by atoms with Crippen LogP contribution in [0.1, 0.15) is 6.42 Å². The molecule has 2 amide bonds. The largest absolute Gasteiger partial charge is 0.289 e. The molecule has 0 aromatic heterocycles. The second-order valence-electron chi connectivity index (χ2n) is 2.84. The van der Waals surface area contributed by atoms with E-state index in [-0.39, 0.29) is 17.9 Å². The molecule has 2 radical (unpaired) electrons. The van der Waals surface area contributed by atoms with Gasteiger partial charge in [0, 0.05) is 0 Å². The average Bonchev–Trinajstić information content (AvgIpc) is 2.44. The molecule has 3 nitrogen and oxygen atoms in total. The number of carbonyl (C=O) groups excluding carboxylic acids is 2. The third-order valence-corrected chi connectivity index (χ3v) is 2.18. The second kappa shape index (κ2) is 1.97. The molecule has 11 heavy (non-hydrogen) atoms. The second-order valence-corrected chi connectivity index (χ2v) is 2.84. The summed E-state index contributed by atoms with van der Waals surface area (Å²) in [5.41, 5.74) is 0. The van der Waals surface area contributed by atoms with Crippen molar-refractivity contribution in [2.24, 2.45) is 5.92 Å². The quantitative estimate of drug-likeness (QED) is 0.359. The predicted octanol–water partition coefficient (Wildman–Crippen LogP) is 0.0618. The molecule has 4 heteroatoms. The Morgan fingerprint density at radius 3 is 2.73 bits per heavy atom. The Bertz CT molecular complexity index is 261. The third kappa shape index (κ3) is 0.752. The van der Waals surface area contributed by atoms with Gasteiger partial charge < -0.3 is 0 Å². The number of imide groups is 1. The Hall–Kier alpha value is -1.06. The van der Waals surface area contributed by atoms with Gasteiger partial charge in [-0.2, -0.15) is 0 Å². The predicted molar refractivity (Wildman–Crippen MR) is 39.0 cm³/mol. The Morgan fingerprint density at radius 1 is 1.64 bits per heavy atom. The first kappa shape index (κ1) is 6.64. The number of carbonyl (C=O) groups is 2. The van der Waals surface area contributed by atoms with E-state index in [1.54, 1.807) is 0 Å². The number of hydrogen-bond acceptors (Lipinski definition) is 2. The highest BCUT2D eigenvalue weighted by Crippen LogP contribution is 2.32. The van der Waals surface area contributed by atoms with Crippen LogP contribution < -0.4 is 0 Å². The van der Waals surface area contributed by atoms with Crippen molar-refractivity contribution in [3.63, 3.8) is 0 Å². The van der Waals surface area contributed by atoms with E-state index in [0.717, 1.165) is 11.3 Å². The van der Waals surface area contributed by atoms with Crippen molar-refractivity contribution in [1.29, 1.82) is 0 Å². The Balaban J connectivity index is 2.32. The summed E-state index contributed by atoms with van der Waals surface area (Å²) in [6.45, 7) is 0. The molecule has 1 saturated heterocycles. The highest BCUT2D eigenvalue weighted by Gasteiger charge is 2.42. The van der Waals surface area contributed by atoms with Crippen LogP contribution in [0.3, 0.4) is 0 Å². The Morgan fingerprint density at radius 2 is 2.36 bits per heavy atom. The first-order valence-corrected chi connectivity index (χ1v) is 3.51. The maximum atomic E-state index is 11.2. The van der Waals surface area contributed by atoms with Gasteiger partial charge in [0.15, 0.2) is 5.81 Å². The van der Waals surface area contributed by atoms with Gasteiger partial charge in [-0.05, 0) is 6.42 Å². The highest BCUT2D eigenvalue weighted by molar-refractivity contribution is 6.58. The van der Waals surface area contributed by atoms with Crippen LogP contribution in [0.4, 0.5) is 4.79 Å². The van der Waals surface area contributed by atoms with Gasteiger partial charge >= 0.3 is 0 Å². The number of nitrogens with zero attached hydrogens (tertiary/aromatic N) is 1. The molecule has 0 saturated carbocycles. The summed E-state index contributed by atoms with van der Waals surface area (Å²) in [7, 11) is 5.01. The fourth-order valence-corrected chi connectivity index (χ4v) is 1.67. The zero-order chi connectivity index (χ0) is 8.01. The minimum Gasteiger partial charge on any atom is -0.289 e. The number of fused-ring (bicyclic) bond motifs is 2. The van der Waals surface area contributed by atoms with Crippen molar-refractivity contribution >= 4 is 19.6 Å². The topological polar surface area (TPSA) is 37.4 Å². The molecule has 0 N–H and O–H groups in total. The molecule has 0 spiro atoms. The standard InChI is InChI=1S/C7H6BNO2/c8-7(11)9-5-2-1-4(3-5)6(9)10/h1-2,4-5H,3H2/t4-,5-/m0/s1. The van der Waals surface area contributed by atoms with Gasteiger partial charge in [0.05, 0.1) is 12.0 Å². The Kier molecular flexibility index (Phi) is 1.19. The molecule has 2 rings (SSSR count). The number of hydrogen-bond donors (Lipinski definition) is 0. The highest BCUT2D eigenvalue weighted by atomic mass is 16.2. The molecule has 0 unspecified atom stereocenters. The van der Waals surface area contributed by atoms with Crippen molar-refractivity contribution in [2.75, 3.05) is 0 Å². The van der Waals surface area contributed by atoms with Crippen LogP contribution >= 0.6 is 0 Å². The zero-order valence-corrected chi connectivity index (χ0v) is 5.86. The summed E-state index contributed by atoms with van der Waals surface area (Å²) < 4.78 is 0. The van der Waals surface area contributed by atoms with E-state index >= 15 is 0 Å². The van der Waals surface area contributed by atoms with Gasteiger partial charge in [-0.25, -0.2) is 0 Å². The lowest BCUT2D eigenvalue weighted by Gasteiger charge is -2.20. The maximum Gasteiger partial charge on any atom is 0.236 e. The summed E-state index contributed by atoms with van der Waals surface area (Å²) in [6.07, 6.45) is 4.42. The molecule has 2 atom stereocenters. The summed E-state index contributed by atoms with van der Waals surface area (Å²) in [6, 6.07) is -0.0648. The summed E-state index contributed by atoms with van der Waals surface area (Å²) in [4.78, 5) is 23.0. The van der Waals surface area contributed by atoms with E-state index in [0.29, 0.717) is 0 Å². The van der Waals surface area contributed by atoms with Crippen LogP contribution in [0.15, 0.2) is 12.2 Å². The summed E-state index contributed by atoms with van der Waals surface area (Å²) in [5.74, 6) is -0.871. The molecule has 54 valence electrons. The van der Waals surface area contributed by atoms with Crippen molar-refractivity contribution in [3.8, 4) is 0 Å². The summed E-state index contributed by atoms with van der Waals surface area (Å²) in [5, 5.41) is 0. The normalized spacial score (nSPS) is 33.5. The first-order chi connectivity index (χ1) is 5.20. The molecular weight excluding hydrogens is 141 g/mol. The van der Waals surface area contributed by atoms with Gasteiger partial charge in [0.2, 0.25) is 13.8 Å². The molecule has 1 fully saturated rings. The molecule has 0 aromatic carbocycles. The average molecular weight is 147 g/mol. The zero-order valence-electron chi connectivity index (χ0n) is 5.86. The van der Waals surface area contributed by atoms with Gasteiger partial charge in [0.1, 0.15) is 0 Å². The molecule has 2 aliphatic rings. The molecule has 1 aliphatic heterocycles. The van der Waals surface area contributed by atoms with Gasteiger partial charge in [-0.3, -0.25) is 14.5 Å². The summed E-state index contributed by atoms with van der Waals surface area (Å²) >= 11 is 0. The van der Waals surface area contributed by atoms with Crippen LogP contribution in [0, 0.1) is 5.92 Å². The van der Waals surface area contributed by atoms with Crippen molar-refractivity contribution in [3.05, 3.63) is 12.2 Å². The monoisotopic (exact) mass is 147 g/mol. The van der Waals surface area contributed by atoms with Crippen molar-refractivity contribution in [2.45, 2.75) is 12.5 Å². The van der Waals surface area contributed by atoms with E-state index in [9.17, 15) is 9.59 Å². The van der Waals surface area contributed by atoms with Crippen molar-refractivity contribution in [1.82, 2.24) is 4.90 Å². The fourth-order valence-electron chi connectivity index (χ4n) is 1.67. The minimum absolute atomic E-state index is 0.0648. The third-order valence-electron chi connectivity index (χ3n) is 2.18. The molecular formula is C7H6BNO2. The van der Waals surface area contributed by atoms with Crippen LogP contribution in [0.5, 0.6) is 0 Å². The maximum absolute atomic E-state index is 11.2. The van der Waals surface area contributed by atoms with Crippen LogP contribution in [0.25, 0.3) is 0 Å².